The zero-order valence-electron chi connectivity index (χ0n) is 18.6. The number of allylic oxidation sites excluding steroid dienone is 1. The van der Waals surface area contributed by atoms with Crippen LogP contribution in [0.1, 0.15) is 18.4 Å². The zero-order chi connectivity index (χ0) is 24.9. The fourth-order valence-electron chi connectivity index (χ4n) is 3.66. The van der Waals surface area contributed by atoms with Crippen LogP contribution in [0.4, 0.5) is 30.4 Å². The number of carbonyl (C=O) groups excluding carboxylic acids is 2. The van der Waals surface area contributed by atoms with E-state index >= 15 is 0 Å². The highest BCUT2D eigenvalue weighted by molar-refractivity contribution is 6.03. The average molecular weight is 472 g/mol. The molecule has 0 atom stereocenters. The summed E-state index contributed by atoms with van der Waals surface area (Å²) in [6, 6.07) is 11.5. The van der Waals surface area contributed by atoms with Gasteiger partial charge in [-0.15, -0.1) is 0 Å². The molecule has 2 N–H and O–H groups in total. The standard InChI is InChI=1S/C23H23F3N6O2/c1-31-17-7-3-4-8-18(17)32(2)22(31)15(14-27)19(33)9-10-20(34)28-12-13-30-21-16(23(24,25)26)6-5-11-29-21/h3-8,11H,9-10,12-13H2,1-2H3,(H,28,34)(H,29,30). The first-order valence-electron chi connectivity index (χ1n) is 10.4. The number of nitriles is 1. The Labute approximate surface area is 194 Å². The van der Waals surface area contributed by atoms with Crippen LogP contribution in [0.15, 0.2) is 54.0 Å². The number of carbonyl (C=O) groups is 2. The normalized spacial score (nSPS) is 12.8. The van der Waals surface area contributed by atoms with Crippen molar-refractivity contribution in [1.82, 2.24) is 10.3 Å². The Hall–Kier alpha value is -4.07. The summed E-state index contributed by atoms with van der Waals surface area (Å²) in [6.07, 6.45) is -3.64. The van der Waals surface area contributed by atoms with Gasteiger partial charge in [-0.1, -0.05) is 12.1 Å². The lowest BCUT2D eigenvalue weighted by atomic mass is 10.1. The van der Waals surface area contributed by atoms with Crippen LogP contribution in [0.25, 0.3) is 0 Å². The predicted molar refractivity (Wildman–Crippen MR) is 121 cm³/mol. The van der Waals surface area contributed by atoms with Crippen LogP contribution in [-0.4, -0.2) is 43.9 Å². The van der Waals surface area contributed by atoms with Crippen LogP contribution in [0.2, 0.25) is 0 Å². The SMILES string of the molecule is CN1C(=C(C#N)C(=O)CCC(=O)NCCNc2ncccc2C(F)(F)F)N(C)c2ccccc21. The number of pyridine rings is 1. The number of alkyl halides is 3. The summed E-state index contributed by atoms with van der Waals surface area (Å²) in [4.78, 5) is 32.0. The lowest BCUT2D eigenvalue weighted by Crippen LogP contribution is -2.30. The predicted octanol–water partition coefficient (Wildman–Crippen LogP) is 3.30. The lowest BCUT2D eigenvalue weighted by molar-refractivity contribution is -0.137. The molecular formula is C23H23F3N6O2. The van der Waals surface area contributed by atoms with E-state index in [0.717, 1.165) is 17.4 Å². The molecule has 8 nitrogen and oxygen atoms in total. The fraction of sp³-hybridized carbons (Fsp3) is 0.304. The van der Waals surface area contributed by atoms with E-state index in [1.54, 1.807) is 23.9 Å². The Morgan fingerprint density at radius 3 is 2.26 bits per heavy atom. The Bertz CT molecular complexity index is 1120. The Morgan fingerprint density at radius 2 is 1.68 bits per heavy atom. The molecule has 1 aromatic heterocycles. The maximum atomic E-state index is 13.0. The molecule has 1 amide bonds. The minimum absolute atomic E-state index is 0.0150. The minimum Gasteiger partial charge on any atom is -0.368 e. The number of nitrogens with one attached hydrogen (secondary N) is 2. The number of hydrogen-bond acceptors (Lipinski definition) is 7. The van der Waals surface area contributed by atoms with E-state index in [0.29, 0.717) is 5.82 Å². The van der Waals surface area contributed by atoms with Gasteiger partial charge in [-0.05, 0) is 24.3 Å². The van der Waals surface area contributed by atoms with Crippen LogP contribution in [0.3, 0.4) is 0 Å². The summed E-state index contributed by atoms with van der Waals surface area (Å²) in [6.45, 7) is 0.0506. The van der Waals surface area contributed by atoms with Crippen LogP contribution >= 0.6 is 0 Å². The number of halogens is 3. The molecule has 2 heterocycles. The molecule has 0 bridgehead atoms. The van der Waals surface area contributed by atoms with Gasteiger partial charge in [0.1, 0.15) is 23.3 Å². The first-order chi connectivity index (χ1) is 16.1. The highest BCUT2D eigenvalue weighted by Gasteiger charge is 2.34. The van der Waals surface area contributed by atoms with Gasteiger partial charge >= 0.3 is 6.18 Å². The number of fused-ring (bicyclic) bond motifs is 1. The van der Waals surface area contributed by atoms with Crippen LogP contribution in [0, 0.1) is 11.3 Å². The summed E-state index contributed by atoms with van der Waals surface area (Å²) >= 11 is 0. The quantitative estimate of drug-likeness (QED) is 0.345. The number of para-hydroxylation sites is 2. The van der Waals surface area contributed by atoms with Crippen molar-refractivity contribution in [2.45, 2.75) is 19.0 Å². The van der Waals surface area contributed by atoms with Gasteiger partial charge in [0.15, 0.2) is 5.78 Å². The molecule has 34 heavy (non-hydrogen) atoms. The van der Waals surface area contributed by atoms with E-state index < -0.39 is 23.4 Å². The molecule has 11 heteroatoms. The molecule has 0 saturated heterocycles. The topological polar surface area (TPSA) is 101 Å². The van der Waals surface area contributed by atoms with Gasteiger partial charge < -0.3 is 20.4 Å². The molecule has 1 aliphatic rings. The highest BCUT2D eigenvalue weighted by atomic mass is 19.4. The monoisotopic (exact) mass is 472 g/mol. The molecule has 0 spiro atoms. The van der Waals surface area contributed by atoms with E-state index in [9.17, 15) is 28.0 Å². The summed E-state index contributed by atoms with van der Waals surface area (Å²) in [5, 5.41) is 14.7. The second-order valence-electron chi connectivity index (χ2n) is 7.51. The van der Waals surface area contributed by atoms with E-state index in [2.05, 4.69) is 15.6 Å². The number of nitrogens with zero attached hydrogens (tertiary/aromatic N) is 4. The lowest BCUT2D eigenvalue weighted by Gasteiger charge is -2.19. The molecule has 0 radical (unpaired) electrons. The summed E-state index contributed by atoms with van der Waals surface area (Å²) < 4.78 is 38.9. The number of Topliss-reactive ketones (excluding diaryl/α,β-unsaturated/α-hetero) is 1. The maximum Gasteiger partial charge on any atom is 0.419 e. The number of benzene rings is 1. The van der Waals surface area contributed by atoms with E-state index in [-0.39, 0.29) is 37.3 Å². The third-order valence-corrected chi connectivity index (χ3v) is 5.29. The highest BCUT2D eigenvalue weighted by Crippen LogP contribution is 2.40. The molecule has 3 rings (SSSR count). The molecule has 0 saturated carbocycles. The number of amides is 1. The molecule has 178 valence electrons. The summed E-state index contributed by atoms with van der Waals surface area (Å²) in [7, 11) is 3.52. The number of anilines is 3. The number of rotatable bonds is 8. The van der Waals surface area contributed by atoms with Gasteiger partial charge in [0, 0.05) is 46.2 Å². The molecule has 0 fully saturated rings. The van der Waals surface area contributed by atoms with Gasteiger partial charge in [-0.2, -0.15) is 18.4 Å². The molecule has 0 aliphatic carbocycles. The van der Waals surface area contributed by atoms with Crippen molar-refractivity contribution in [1.29, 1.82) is 5.26 Å². The van der Waals surface area contributed by atoms with Gasteiger partial charge in [-0.25, -0.2) is 4.98 Å². The van der Waals surface area contributed by atoms with Crippen LogP contribution in [-0.2, 0) is 15.8 Å². The molecule has 1 aromatic carbocycles. The van der Waals surface area contributed by atoms with Gasteiger partial charge in [-0.3, -0.25) is 9.59 Å². The van der Waals surface area contributed by atoms with Crippen molar-refractivity contribution in [3.05, 3.63) is 59.6 Å². The Kier molecular flexibility index (Phi) is 7.40. The van der Waals surface area contributed by atoms with Crippen LogP contribution < -0.4 is 20.4 Å². The number of hydrogen-bond donors (Lipinski definition) is 2. The Morgan fingerprint density at radius 1 is 1.03 bits per heavy atom. The summed E-state index contributed by atoms with van der Waals surface area (Å²) in [5.41, 5.74) is 0.762. The van der Waals surface area contributed by atoms with Gasteiger partial charge in [0.05, 0.1) is 16.9 Å². The van der Waals surface area contributed by atoms with E-state index in [1.165, 1.54) is 12.3 Å². The van der Waals surface area contributed by atoms with Crippen LogP contribution in [0.5, 0.6) is 0 Å². The average Bonchev–Trinajstić information content (AvgIpc) is 3.06. The third kappa shape index (κ3) is 5.28. The molecular weight excluding hydrogens is 449 g/mol. The maximum absolute atomic E-state index is 13.0. The van der Waals surface area contributed by atoms with Crippen molar-refractivity contribution in [3.8, 4) is 6.07 Å². The van der Waals surface area contributed by atoms with Crippen molar-refractivity contribution in [2.24, 2.45) is 0 Å². The third-order valence-electron chi connectivity index (χ3n) is 5.29. The van der Waals surface area contributed by atoms with Gasteiger partial charge in [0.2, 0.25) is 5.91 Å². The van der Waals surface area contributed by atoms with E-state index in [4.69, 9.17) is 0 Å². The number of ketones is 1. The second kappa shape index (κ2) is 10.2. The fourth-order valence-corrected chi connectivity index (χ4v) is 3.66. The zero-order valence-corrected chi connectivity index (χ0v) is 18.6. The first kappa shape index (κ1) is 24.6. The second-order valence-corrected chi connectivity index (χ2v) is 7.51. The molecule has 2 aromatic rings. The van der Waals surface area contributed by atoms with Crippen molar-refractivity contribution in [3.63, 3.8) is 0 Å². The molecule has 0 unspecified atom stereocenters. The van der Waals surface area contributed by atoms with Gasteiger partial charge in [0.25, 0.3) is 0 Å². The largest absolute Gasteiger partial charge is 0.419 e. The van der Waals surface area contributed by atoms with Crippen molar-refractivity contribution >= 4 is 28.9 Å². The van der Waals surface area contributed by atoms with Crippen molar-refractivity contribution in [2.75, 3.05) is 42.3 Å². The minimum atomic E-state index is -4.55. The van der Waals surface area contributed by atoms with E-state index in [1.807, 2.05) is 30.3 Å². The first-order valence-corrected chi connectivity index (χ1v) is 10.4. The smallest absolute Gasteiger partial charge is 0.368 e. The number of aromatic nitrogens is 1. The Balaban J connectivity index is 1.52. The van der Waals surface area contributed by atoms with Crippen molar-refractivity contribution < 1.29 is 22.8 Å². The molecule has 1 aliphatic heterocycles. The summed E-state index contributed by atoms with van der Waals surface area (Å²) in [5.74, 6) is -0.809.